The van der Waals surface area contributed by atoms with Gasteiger partial charge in [-0.3, -0.25) is 4.57 Å². The molecular formula is C15H20ClN3O2. The molecule has 0 aliphatic heterocycles. The number of hydrogen-bond acceptors (Lipinski definition) is 3. The number of halogens is 1. The maximum atomic E-state index is 11.7. The molecule has 2 aromatic rings. The van der Waals surface area contributed by atoms with Crippen molar-refractivity contribution in [1.82, 2.24) is 14.9 Å². The average Bonchev–Trinajstić information content (AvgIpc) is 2.98. The molecule has 1 heterocycles. The minimum absolute atomic E-state index is 0. The lowest BCUT2D eigenvalue weighted by Crippen LogP contribution is -2.26. The molecule has 6 heteroatoms. The molecule has 1 aromatic carbocycles. The van der Waals surface area contributed by atoms with Crippen molar-refractivity contribution < 1.29 is 9.53 Å². The van der Waals surface area contributed by atoms with Gasteiger partial charge in [-0.1, -0.05) is 26.0 Å². The summed E-state index contributed by atoms with van der Waals surface area (Å²) in [6, 6.07) is 7.54. The summed E-state index contributed by atoms with van der Waals surface area (Å²) in [4.78, 5) is 15.5. The highest BCUT2D eigenvalue weighted by Crippen LogP contribution is 2.13. The maximum Gasteiger partial charge on any atom is 0.327 e. The number of amides is 1. The normalized spacial score (nSPS) is 10.0. The second kappa shape index (κ2) is 8.32. The monoisotopic (exact) mass is 309 g/mol. The van der Waals surface area contributed by atoms with Crippen LogP contribution in [0.5, 0.6) is 5.75 Å². The van der Waals surface area contributed by atoms with Gasteiger partial charge in [-0.25, -0.2) is 9.78 Å². The lowest BCUT2D eigenvalue weighted by Gasteiger charge is -2.09. The number of ether oxygens (including phenoxy) is 1. The summed E-state index contributed by atoms with van der Waals surface area (Å²) in [7, 11) is 0. The molecule has 114 valence electrons. The quantitative estimate of drug-likeness (QED) is 0.923. The van der Waals surface area contributed by atoms with Gasteiger partial charge in [0.1, 0.15) is 12.1 Å². The third-order valence-electron chi connectivity index (χ3n) is 2.69. The Morgan fingerprint density at radius 1 is 1.33 bits per heavy atom. The SMILES string of the molecule is CC(C)COc1ccc(CNC(=O)n2ccnc2)cc1.Cl. The van der Waals surface area contributed by atoms with Gasteiger partial charge < -0.3 is 10.1 Å². The zero-order chi connectivity index (χ0) is 14.4. The minimum Gasteiger partial charge on any atom is -0.493 e. The van der Waals surface area contributed by atoms with Gasteiger partial charge in [0.2, 0.25) is 0 Å². The first-order chi connectivity index (χ1) is 9.65. The molecule has 1 aromatic heterocycles. The molecule has 0 saturated carbocycles. The number of nitrogens with one attached hydrogen (secondary N) is 1. The molecule has 0 bridgehead atoms. The Bertz CT molecular complexity index is 539. The van der Waals surface area contributed by atoms with E-state index in [2.05, 4.69) is 24.1 Å². The van der Waals surface area contributed by atoms with Gasteiger partial charge in [0.15, 0.2) is 0 Å². The first-order valence-electron chi connectivity index (χ1n) is 6.63. The molecule has 0 atom stereocenters. The van der Waals surface area contributed by atoms with Crippen molar-refractivity contribution in [3.63, 3.8) is 0 Å². The standard InChI is InChI=1S/C15H19N3O2.ClH/c1-12(2)10-20-14-5-3-13(4-6-14)9-17-15(19)18-8-7-16-11-18;/h3-8,11-12H,9-10H2,1-2H3,(H,17,19);1H. The van der Waals surface area contributed by atoms with E-state index >= 15 is 0 Å². The highest BCUT2D eigenvalue weighted by molar-refractivity contribution is 5.85. The summed E-state index contributed by atoms with van der Waals surface area (Å²) in [6.45, 7) is 5.40. The van der Waals surface area contributed by atoms with E-state index in [0.29, 0.717) is 19.1 Å². The predicted octanol–water partition coefficient (Wildman–Crippen LogP) is 3.10. The van der Waals surface area contributed by atoms with Gasteiger partial charge in [-0.2, -0.15) is 0 Å². The second-order valence-electron chi connectivity index (χ2n) is 4.98. The molecular weight excluding hydrogens is 290 g/mol. The number of imidazole rings is 1. The van der Waals surface area contributed by atoms with Crippen LogP contribution in [0, 0.1) is 5.92 Å². The number of carbonyl (C=O) groups excluding carboxylic acids is 1. The first kappa shape index (κ1) is 17.0. The highest BCUT2D eigenvalue weighted by atomic mass is 35.5. The topological polar surface area (TPSA) is 56.1 Å². The van der Waals surface area contributed by atoms with Gasteiger partial charge in [-0.15, -0.1) is 12.4 Å². The second-order valence-corrected chi connectivity index (χ2v) is 4.98. The van der Waals surface area contributed by atoms with Gasteiger partial charge >= 0.3 is 6.03 Å². The first-order valence-corrected chi connectivity index (χ1v) is 6.63. The molecule has 0 fully saturated rings. The number of aromatic nitrogens is 2. The Morgan fingerprint density at radius 2 is 2.05 bits per heavy atom. The Kier molecular flexibility index (Phi) is 6.75. The van der Waals surface area contributed by atoms with Crippen LogP contribution in [0.2, 0.25) is 0 Å². The van der Waals surface area contributed by atoms with E-state index in [1.54, 1.807) is 12.4 Å². The van der Waals surface area contributed by atoms with E-state index in [1.165, 1.54) is 10.9 Å². The number of hydrogen-bond donors (Lipinski definition) is 1. The number of nitrogens with zero attached hydrogens (tertiary/aromatic N) is 2. The smallest absolute Gasteiger partial charge is 0.327 e. The van der Waals surface area contributed by atoms with E-state index in [-0.39, 0.29) is 18.4 Å². The fraction of sp³-hybridized carbons (Fsp3) is 0.333. The van der Waals surface area contributed by atoms with Crippen LogP contribution in [0.25, 0.3) is 0 Å². The molecule has 21 heavy (non-hydrogen) atoms. The largest absolute Gasteiger partial charge is 0.493 e. The molecule has 0 radical (unpaired) electrons. The van der Waals surface area contributed by atoms with Crippen LogP contribution in [-0.4, -0.2) is 22.2 Å². The fourth-order valence-corrected chi connectivity index (χ4v) is 1.61. The van der Waals surface area contributed by atoms with Crippen LogP contribution in [0.15, 0.2) is 43.0 Å². The number of benzene rings is 1. The lowest BCUT2D eigenvalue weighted by atomic mass is 10.2. The fourth-order valence-electron chi connectivity index (χ4n) is 1.61. The Morgan fingerprint density at radius 3 is 2.62 bits per heavy atom. The number of rotatable bonds is 5. The van der Waals surface area contributed by atoms with E-state index in [4.69, 9.17) is 4.74 Å². The lowest BCUT2D eigenvalue weighted by molar-refractivity contribution is 0.242. The van der Waals surface area contributed by atoms with Crippen LogP contribution < -0.4 is 10.1 Å². The third-order valence-corrected chi connectivity index (χ3v) is 2.69. The van der Waals surface area contributed by atoms with E-state index < -0.39 is 0 Å². The summed E-state index contributed by atoms with van der Waals surface area (Å²) in [5.41, 5.74) is 1.02. The van der Waals surface area contributed by atoms with Crippen molar-refractivity contribution in [2.24, 2.45) is 5.92 Å². The zero-order valence-electron chi connectivity index (χ0n) is 12.2. The Balaban J connectivity index is 0.00000220. The van der Waals surface area contributed by atoms with Gasteiger partial charge in [0.25, 0.3) is 0 Å². The van der Waals surface area contributed by atoms with Crippen molar-refractivity contribution in [3.05, 3.63) is 48.5 Å². The molecule has 5 nitrogen and oxygen atoms in total. The van der Waals surface area contributed by atoms with Gasteiger partial charge in [0, 0.05) is 18.9 Å². The van der Waals surface area contributed by atoms with Crippen LogP contribution in [-0.2, 0) is 6.54 Å². The van der Waals surface area contributed by atoms with Crippen LogP contribution >= 0.6 is 12.4 Å². The minimum atomic E-state index is -0.192. The predicted molar refractivity (Wildman–Crippen MR) is 83.9 cm³/mol. The Labute approximate surface area is 130 Å². The molecule has 0 aliphatic carbocycles. The van der Waals surface area contributed by atoms with Gasteiger partial charge in [0.05, 0.1) is 6.61 Å². The maximum absolute atomic E-state index is 11.7. The van der Waals surface area contributed by atoms with Gasteiger partial charge in [-0.05, 0) is 23.6 Å². The van der Waals surface area contributed by atoms with Crippen molar-refractivity contribution in [3.8, 4) is 5.75 Å². The van der Waals surface area contributed by atoms with Crippen molar-refractivity contribution in [1.29, 1.82) is 0 Å². The van der Waals surface area contributed by atoms with Crippen LogP contribution in [0.1, 0.15) is 19.4 Å². The molecule has 0 unspecified atom stereocenters. The molecule has 2 rings (SSSR count). The van der Waals surface area contributed by atoms with Crippen molar-refractivity contribution in [2.45, 2.75) is 20.4 Å². The zero-order valence-corrected chi connectivity index (χ0v) is 13.0. The van der Waals surface area contributed by atoms with Crippen LogP contribution in [0.3, 0.4) is 0 Å². The number of carbonyl (C=O) groups is 1. The molecule has 0 aliphatic rings. The van der Waals surface area contributed by atoms with Crippen molar-refractivity contribution >= 4 is 18.4 Å². The summed E-state index contributed by atoms with van der Waals surface area (Å²) in [6.07, 6.45) is 4.65. The van der Waals surface area contributed by atoms with E-state index in [9.17, 15) is 4.79 Å². The molecule has 0 saturated heterocycles. The van der Waals surface area contributed by atoms with E-state index in [0.717, 1.165) is 11.3 Å². The van der Waals surface area contributed by atoms with E-state index in [1.807, 2.05) is 24.3 Å². The molecule has 1 N–H and O–H groups in total. The molecule has 1 amide bonds. The average molecular weight is 310 g/mol. The van der Waals surface area contributed by atoms with Crippen molar-refractivity contribution in [2.75, 3.05) is 6.61 Å². The highest BCUT2D eigenvalue weighted by Gasteiger charge is 2.03. The Hall–Kier alpha value is -2.01. The summed E-state index contributed by atoms with van der Waals surface area (Å²) < 4.78 is 7.01. The molecule has 0 spiro atoms. The third kappa shape index (κ3) is 5.47. The van der Waals surface area contributed by atoms with Crippen LogP contribution in [0.4, 0.5) is 4.79 Å². The summed E-state index contributed by atoms with van der Waals surface area (Å²) >= 11 is 0. The summed E-state index contributed by atoms with van der Waals surface area (Å²) in [5, 5.41) is 2.81. The summed E-state index contributed by atoms with van der Waals surface area (Å²) in [5.74, 6) is 1.35.